The largest absolute Gasteiger partial charge is 0.478 e. The molecule has 6 heteroatoms. The van der Waals surface area contributed by atoms with E-state index in [2.05, 4.69) is 0 Å². The number of benzene rings is 1. The number of hydrogen-bond acceptors (Lipinski definition) is 6. The van der Waals surface area contributed by atoms with Crippen LogP contribution < -0.4 is 0 Å². The minimum Gasteiger partial charge on any atom is -0.478 e. The van der Waals surface area contributed by atoms with Gasteiger partial charge in [-0.2, -0.15) is 0 Å². The molecule has 0 amide bonds. The summed E-state index contributed by atoms with van der Waals surface area (Å²) in [5, 5.41) is 0.335. The molecule has 1 aromatic carbocycles. The van der Waals surface area contributed by atoms with Gasteiger partial charge in [0.15, 0.2) is 29.9 Å². The lowest BCUT2D eigenvalue weighted by Gasteiger charge is -2.38. The highest BCUT2D eigenvalue weighted by Crippen LogP contribution is 2.35. The highest BCUT2D eigenvalue weighted by atomic mass is 32.2. The number of aldehydes is 1. The van der Waals surface area contributed by atoms with Crippen molar-refractivity contribution in [2.45, 2.75) is 18.5 Å². The molecule has 0 bridgehead atoms. The summed E-state index contributed by atoms with van der Waals surface area (Å²) in [7, 11) is 0. The molecule has 3 rings (SSSR count). The molecule has 110 valence electrons. The van der Waals surface area contributed by atoms with E-state index in [0.717, 1.165) is 5.56 Å². The molecule has 2 heterocycles. The standard InChI is InChI=1S/C15H14O5S/c1-21-15-10(7-16)12(17)13-11(19-15)8-18-14(20-13)9-5-3-2-4-6-9/h2-7,11,13-14H,8H2,1H3/t11-,13-,14-/m1/s1. The summed E-state index contributed by atoms with van der Waals surface area (Å²) in [5.74, 6) is -0.338. The summed E-state index contributed by atoms with van der Waals surface area (Å²) in [6.07, 6.45) is 0.345. The van der Waals surface area contributed by atoms with E-state index in [4.69, 9.17) is 14.2 Å². The predicted molar refractivity (Wildman–Crippen MR) is 76.5 cm³/mol. The van der Waals surface area contributed by atoms with Crippen LogP contribution in [0.25, 0.3) is 0 Å². The van der Waals surface area contributed by atoms with Crippen LogP contribution in [0.1, 0.15) is 11.9 Å². The summed E-state index contributed by atoms with van der Waals surface area (Å²) in [4.78, 5) is 23.5. The minimum absolute atomic E-state index is 0.0393. The van der Waals surface area contributed by atoms with Gasteiger partial charge in [-0.15, -0.1) is 0 Å². The van der Waals surface area contributed by atoms with Crippen molar-refractivity contribution in [3.8, 4) is 0 Å². The third-order valence-corrected chi connectivity index (χ3v) is 4.08. The van der Waals surface area contributed by atoms with Crippen LogP contribution in [0.15, 0.2) is 41.0 Å². The van der Waals surface area contributed by atoms with Gasteiger partial charge in [-0.3, -0.25) is 9.59 Å². The molecule has 1 aromatic rings. The van der Waals surface area contributed by atoms with E-state index in [1.54, 1.807) is 6.26 Å². The number of hydrogen-bond donors (Lipinski definition) is 0. The topological polar surface area (TPSA) is 61.8 Å². The number of fused-ring (bicyclic) bond motifs is 1. The molecule has 1 fully saturated rings. The first-order chi connectivity index (χ1) is 10.2. The Balaban J connectivity index is 1.84. The van der Waals surface area contributed by atoms with Crippen LogP contribution in [0.2, 0.25) is 0 Å². The third-order valence-electron chi connectivity index (χ3n) is 3.40. The highest BCUT2D eigenvalue weighted by Gasteiger charge is 2.44. The number of ether oxygens (including phenoxy) is 3. The number of Topliss-reactive ketones (excluding diaryl/α,β-unsaturated/α-hetero) is 1. The molecule has 0 spiro atoms. The average Bonchev–Trinajstić information content (AvgIpc) is 2.55. The average molecular weight is 306 g/mol. The molecule has 0 unspecified atom stereocenters. The first-order valence-corrected chi connectivity index (χ1v) is 7.73. The molecule has 2 aliphatic heterocycles. The predicted octanol–water partition coefficient (Wildman–Crippen LogP) is 1.84. The van der Waals surface area contributed by atoms with E-state index in [1.807, 2.05) is 30.3 Å². The molecule has 1 saturated heterocycles. The van der Waals surface area contributed by atoms with Crippen molar-refractivity contribution in [2.75, 3.05) is 12.9 Å². The molecule has 21 heavy (non-hydrogen) atoms. The van der Waals surface area contributed by atoms with E-state index < -0.39 is 18.5 Å². The highest BCUT2D eigenvalue weighted by molar-refractivity contribution is 8.02. The fourth-order valence-corrected chi connectivity index (χ4v) is 2.95. The van der Waals surface area contributed by atoms with Gasteiger partial charge in [-0.05, 0) is 6.26 Å². The van der Waals surface area contributed by atoms with E-state index in [9.17, 15) is 9.59 Å². The van der Waals surface area contributed by atoms with Gasteiger partial charge in [-0.1, -0.05) is 42.1 Å². The zero-order valence-corrected chi connectivity index (χ0v) is 12.2. The summed E-state index contributed by atoms with van der Waals surface area (Å²) in [6, 6.07) is 9.36. The maximum atomic E-state index is 12.4. The van der Waals surface area contributed by atoms with Crippen molar-refractivity contribution in [1.82, 2.24) is 0 Å². The zero-order valence-electron chi connectivity index (χ0n) is 11.4. The number of rotatable bonds is 3. The molecular formula is C15H14O5S. The molecule has 2 aliphatic rings. The molecule has 3 atom stereocenters. The van der Waals surface area contributed by atoms with Crippen molar-refractivity contribution in [1.29, 1.82) is 0 Å². The van der Waals surface area contributed by atoms with Crippen molar-refractivity contribution in [2.24, 2.45) is 0 Å². The Bertz CT molecular complexity index is 583. The van der Waals surface area contributed by atoms with Gasteiger partial charge in [-0.25, -0.2) is 0 Å². The second-order valence-electron chi connectivity index (χ2n) is 4.68. The SMILES string of the molecule is CSC1=C(C=O)C(=O)[C@@H]2O[C@H](c3ccccc3)OC[C@H]2O1. The van der Waals surface area contributed by atoms with Crippen LogP contribution in [0, 0.1) is 0 Å². The van der Waals surface area contributed by atoms with Crippen LogP contribution in [0.5, 0.6) is 0 Å². The number of ketones is 1. The quantitative estimate of drug-likeness (QED) is 0.627. The van der Waals surface area contributed by atoms with Crippen molar-refractivity contribution >= 4 is 23.8 Å². The molecule has 0 radical (unpaired) electrons. The van der Waals surface area contributed by atoms with Crippen LogP contribution in [-0.2, 0) is 23.8 Å². The summed E-state index contributed by atoms with van der Waals surface area (Å²) >= 11 is 1.23. The number of carbonyl (C=O) groups is 2. The van der Waals surface area contributed by atoms with Gasteiger partial charge in [0.1, 0.15) is 5.57 Å². The molecule has 5 nitrogen and oxygen atoms in total. The van der Waals surface area contributed by atoms with Gasteiger partial charge in [0.2, 0.25) is 5.78 Å². The Labute approximate surface area is 126 Å². The van der Waals surface area contributed by atoms with E-state index in [0.29, 0.717) is 11.4 Å². The van der Waals surface area contributed by atoms with Crippen LogP contribution in [0.4, 0.5) is 0 Å². The summed E-state index contributed by atoms with van der Waals surface area (Å²) in [5.41, 5.74) is 0.869. The van der Waals surface area contributed by atoms with Gasteiger partial charge < -0.3 is 14.2 Å². The Kier molecular flexibility index (Phi) is 4.10. The number of carbonyl (C=O) groups excluding carboxylic acids is 2. The monoisotopic (exact) mass is 306 g/mol. The van der Waals surface area contributed by atoms with Crippen LogP contribution >= 0.6 is 11.8 Å². The molecule has 0 saturated carbocycles. The lowest BCUT2D eigenvalue weighted by molar-refractivity contribution is -0.254. The first-order valence-electron chi connectivity index (χ1n) is 6.51. The lowest BCUT2D eigenvalue weighted by atomic mass is 10.0. The van der Waals surface area contributed by atoms with Gasteiger partial charge in [0.25, 0.3) is 0 Å². The second kappa shape index (κ2) is 6.01. The molecular weight excluding hydrogens is 292 g/mol. The van der Waals surface area contributed by atoms with Gasteiger partial charge >= 0.3 is 0 Å². The Morgan fingerprint density at radius 2 is 2.05 bits per heavy atom. The van der Waals surface area contributed by atoms with Crippen LogP contribution in [-0.4, -0.2) is 37.1 Å². The molecule has 0 aliphatic carbocycles. The van der Waals surface area contributed by atoms with Gasteiger partial charge in [0.05, 0.1) is 6.61 Å². The summed E-state index contributed by atoms with van der Waals surface area (Å²) in [6.45, 7) is 0.242. The zero-order chi connectivity index (χ0) is 14.8. The fraction of sp³-hybridized carbons (Fsp3) is 0.333. The molecule has 0 N–H and O–H groups in total. The normalized spacial score (nSPS) is 28.8. The van der Waals surface area contributed by atoms with Crippen molar-refractivity contribution < 1.29 is 23.8 Å². The Morgan fingerprint density at radius 3 is 2.71 bits per heavy atom. The maximum Gasteiger partial charge on any atom is 0.203 e. The van der Waals surface area contributed by atoms with Crippen molar-refractivity contribution in [3.05, 3.63) is 46.6 Å². The first kappa shape index (κ1) is 14.3. The van der Waals surface area contributed by atoms with E-state index in [-0.39, 0.29) is 18.0 Å². The molecule has 0 aromatic heterocycles. The Morgan fingerprint density at radius 1 is 1.29 bits per heavy atom. The smallest absolute Gasteiger partial charge is 0.203 e. The maximum absolute atomic E-state index is 12.4. The minimum atomic E-state index is -0.806. The lowest BCUT2D eigenvalue weighted by Crippen LogP contribution is -2.50. The summed E-state index contributed by atoms with van der Waals surface area (Å²) < 4.78 is 17.0. The Hall–Kier alpha value is -1.63. The third kappa shape index (κ3) is 2.62. The second-order valence-corrected chi connectivity index (χ2v) is 5.46. The van der Waals surface area contributed by atoms with E-state index in [1.165, 1.54) is 11.8 Å². The van der Waals surface area contributed by atoms with Gasteiger partial charge in [0, 0.05) is 5.56 Å². The van der Waals surface area contributed by atoms with E-state index >= 15 is 0 Å². The van der Waals surface area contributed by atoms with Crippen molar-refractivity contribution in [3.63, 3.8) is 0 Å². The van der Waals surface area contributed by atoms with Crippen LogP contribution in [0.3, 0.4) is 0 Å². The fourth-order valence-electron chi connectivity index (χ4n) is 2.36. The number of thioether (sulfide) groups is 1.